The minimum atomic E-state index is -2.96. The van der Waals surface area contributed by atoms with Crippen molar-refractivity contribution in [1.29, 1.82) is 0 Å². The Labute approximate surface area is 208 Å². The van der Waals surface area contributed by atoms with Crippen molar-refractivity contribution in [3.05, 3.63) is 46.0 Å². The van der Waals surface area contributed by atoms with E-state index in [9.17, 15) is 27.6 Å². The molecule has 3 aliphatic heterocycles. The number of anilines is 1. The first-order valence-electron chi connectivity index (χ1n) is 11.2. The van der Waals surface area contributed by atoms with Gasteiger partial charge in [-0.25, -0.2) is 23.0 Å². The third-order valence-electron chi connectivity index (χ3n) is 6.43. The lowest BCUT2D eigenvalue weighted by molar-refractivity contribution is -0.177. The molecule has 192 valence electrons. The number of carbonyl (C=O) groups is 3. The zero-order chi connectivity index (χ0) is 25.8. The van der Waals surface area contributed by atoms with Gasteiger partial charge in [0.1, 0.15) is 11.5 Å². The molecule has 2 aromatic rings. The molecule has 3 aliphatic rings. The van der Waals surface area contributed by atoms with Crippen LogP contribution in [0.2, 0.25) is 5.02 Å². The van der Waals surface area contributed by atoms with E-state index in [-0.39, 0.29) is 30.4 Å². The van der Waals surface area contributed by atoms with Crippen molar-refractivity contribution in [1.82, 2.24) is 24.6 Å². The van der Waals surface area contributed by atoms with Gasteiger partial charge in [0.25, 0.3) is 17.7 Å². The SMILES string of the molecule is CN1OC(C(=O)N2CCC(F)(F)C2)Cn2nc3c(c2C1=O)CN(C(=O)Nc1ccc(F)c(Cl)c1)CC3. The van der Waals surface area contributed by atoms with Crippen molar-refractivity contribution >= 4 is 35.1 Å². The highest BCUT2D eigenvalue weighted by atomic mass is 35.5. The fourth-order valence-electron chi connectivity index (χ4n) is 4.58. The van der Waals surface area contributed by atoms with Gasteiger partial charge in [0.05, 0.1) is 30.4 Å². The first kappa shape index (κ1) is 24.4. The van der Waals surface area contributed by atoms with Gasteiger partial charge in [0.2, 0.25) is 0 Å². The fourth-order valence-corrected chi connectivity index (χ4v) is 4.76. The lowest BCUT2D eigenvalue weighted by atomic mass is 10.1. The van der Waals surface area contributed by atoms with E-state index < -0.39 is 48.7 Å². The van der Waals surface area contributed by atoms with E-state index >= 15 is 0 Å². The maximum absolute atomic E-state index is 13.6. The molecule has 0 spiro atoms. The monoisotopic (exact) mass is 526 g/mol. The van der Waals surface area contributed by atoms with Gasteiger partial charge < -0.3 is 15.1 Å². The summed E-state index contributed by atoms with van der Waals surface area (Å²) in [6, 6.07) is 3.33. The second-order valence-corrected chi connectivity index (χ2v) is 9.36. The first-order chi connectivity index (χ1) is 17.0. The lowest BCUT2D eigenvalue weighted by Gasteiger charge is -2.27. The van der Waals surface area contributed by atoms with E-state index in [1.165, 1.54) is 28.8 Å². The van der Waals surface area contributed by atoms with Gasteiger partial charge in [-0.15, -0.1) is 0 Å². The van der Waals surface area contributed by atoms with Gasteiger partial charge in [0.15, 0.2) is 6.10 Å². The second-order valence-electron chi connectivity index (χ2n) is 8.95. The molecule has 0 bridgehead atoms. The number of aromatic nitrogens is 2. The number of hydrogen-bond acceptors (Lipinski definition) is 5. The van der Waals surface area contributed by atoms with Crippen LogP contribution in [-0.2, 0) is 29.1 Å². The average Bonchev–Trinajstić information content (AvgIpc) is 3.34. The van der Waals surface area contributed by atoms with E-state index in [1.807, 2.05) is 0 Å². The van der Waals surface area contributed by atoms with Crippen LogP contribution < -0.4 is 5.32 Å². The highest BCUT2D eigenvalue weighted by Crippen LogP contribution is 2.30. The molecule has 4 heterocycles. The quantitative estimate of drug-likeness (QED) is 0.648. The van der Waals surface area contributed by atoms with Gasteiger partial charge in [-0.2, -0.15) is 5.10 Å². The predicted octanol–water partition coefficient (Wildman–Crippen LogP) is 2.52. The number of benzene rings is 1. The average molecular weight is 527 g/mol. The van der Waals surface area contributed by atoms with Gasteiger partial charge in [-0.1, -0.05) is 11.6 Å². The molecule has 1 unspecified atom stereocenters. The summed E-state index contributed by atoms with van der Waals surface area (Å²) in [6.07, 6.45) is -1.29. The van der Waals surface area contributed by atoms with Gasteiger partial charge in [0, 0.05) is 44.2 Å². The number of amides is 4. The van der Waals surface area contributed by atoms with E-state index in [4.69, 9.17) is 16.4 Å². The number of nitrogens with zero attached hydrogens (tertiary/aromatic N) is 5. The molecule has 0 radical (unpaired) electrons. The molecule has 1 saturated heterocycles. The molecule has 10 nitrogen and oxygen atoms in total. The van der Waals surface area contributed by atoms with E-state index in [0.29, 0.717) is 29.9 Å². The minimum Gasteiger partial charge on any atom is -0.334 e. The molecule has 0 aliphatic carbocycles. The van der Waals surface area contributed by atoms with Crippen LogP contribution in [0.1, 0.15) is 28.2 Å². The maximum Gasteiger partial charge on any atom is 0.322 e. The largest absolute Gasteiger partial charge is 0.334 e. The standard InChI is InChI=1S/C22H22ClF3N6O4/c1-29-20(34)18-13-9-30(21(35)27-12-2-3-15(24)14(23)8-12)6-4-16(13)28-32(18)10-17(36-29)19(33)31-7-5-22(25,26)11-31/h2-3,8,17H,4-7,9-11H2,1H3,(H,27,35). The van der Waals surface area contributed by atoms with Crippen molar-refractivity contribution in [2.24, 2.45) is 0 Å². The molecule has 0 saturated carbocycles. The smallest absolute Gasteiger partial charge is 0.322 e. The molecule has 36 heavy (non-hydrogen) atoms. The second kappa shape index (κ2) is 8.96. The molecule has 14 heteroatoms. The number of nitrogens with one attached hydrogen (secondary N) is 1. The third kappa shape index (κ3) is 4.48. The van der Waals surface area contributed by atoms with E-state index in [2.05, 4.69) is 10.4 Å². The summed E-state index contributed by atoms with van der Waals surface area (Å²) in [5.41, 5.74) is 1.58. The minimum absolute atomic E-state index is 0.0575. The molecular weight excluding hydrogens is 505 g/mol. The Morgan fingerprint density at radius 3 is 2.72 bits per heavy atom. The molecule has 1 N–H and O–H groups in total. The van der Waals surface area contributed by atoms with Gasteiger partial charge >= 0.3 is 6.03 Å². The number of rotatable bonds is 2. The Morgan fingerprint density at radius 1 is 1.25 bits per heavy atom. The number of hydroxylamine groups is 2. The van der Waals surface area contributed by atoms with Crippen molar-refractivity contribution < 1.29 is 32.4 Å². The summed E-state index contributed by atoms with van der Waals surface area (Å²) < 4.78 is 42.0. The molecule has 4 amide bonds. The summed E-state index contributed by atoms with van der Waals surface area (Å²) in [5.74, 6) is -4.79. The number of alkyl halides is 2. The molecule has 1 fully saturated rings. The third-order valence-corrected chi connectivity index (χ3v) is 6.72. The normalized spacial score (nSPS) is 21.2. The molecule has 1 aromatic carbocycles. The predicted molar refractivity (Wildman–Crippen MR) is 120 cm³/mol. The molecule has 5 rings (SSSR count). The van der Waals surface area contributed by atoms with Crippen LogP contribution in [-0.4, -0.2) is 81.2 Å². The number of likely N-dealkylation sites (tertiary alicyclic amines) is 1. The topological polar surface area (TPSA) is 100 Å². The number of fused-ring (bicyclic) bond motifs is 3. The molecule has 1 aromatic heterocycles. The van der Waals surface area contributed by atoms with E-state index in [0.717, 1.165) is 16.0 Å². The first-order valence-corrected chi connectivity index (χ1v) is 11.6. The number of hydrogen-bond donors (Lipinski definition) is 1. The van der Waals surface area contributed by atoms with Crippen LogP contribution in [0.4, 0.5) is 23.7 Å². The summed E-state index contributed by atoms with van der Waals surface area (Å²) in [7, 11) is 1.34. The van der Waals surface area contributed by atoms with E-state index in [1.54, 1.807) is 0 Å². The zero-order valence-electron chi connectivity index (χ0n) is 19.1. The Morgan fingerprint density at radius 2 is 2.03 bits per heavy atom. The van der Waals surface area contributed by atoms with Crippen LogP contribution in [0.25, 0.3) is 0 Å². The highest BCUT2D eigenvalue weighted by molar-refractivity contribution is 6.31. The fraction of sp³-hybridized carbons (Fsp3) is 0.455. The van der Waals surface area contributed by atoms with Crippen molar-refractivity contribution in [2.45, 2.75) is 38.0 Å². The van der Waals surface area contributed by atoms with Crippen LogP contribution in [0.15, 0.2) is 18.2 Å². The number of carbonyl (C=O) groups excluding carboxylic acids is 3. The summed E-state index contributed by atoms with van der Waals surface area (Å²) in [6.45, 7) is -0.582. The summed E-state index contributed by atoms with van der Waals surface area (Å²) in [4.78, 5) is 46.9. The van der Waals surface area contributed by atoms with Crippen LogP contribution in [0.3, 0.4) is 0 Å². The molecular formula is C22H22ClF3N6O4. The lowest BCUT2D eigenvalue weighted by Crippen LogP contribution is -2.44. The Hall–Kier alpha value is -3.32. The maximum atomic E-state index is 13.6. The number of halogens is 4. The summed E-state index contributed by atoms with van der Waals surface area (Å²) >= 11 is 5.78. The number of urea groups is 1. The van der Waals surface area contributed by atoms with Crippen molar-refractivity contribution in [2.75, 3.05) is 32.0 Å². The van der Waals surface area contributed by atoms with Crippen LogP contribution >= 0.6 is 11.6 Å². The molecule has 1 atom stereocenters. The van der Waals surface area contributed by atoms with Gasteiger partial charge in [-0.3, -0.25) is 19.1 Å². The highest BCUT2D eigenvalue weighted by Gasteiger charge is 2.44. The van der Waals surface area contributed by atoms with Crippen LogP contribution in [0, 0.1) is 5.82 Å². The Balaban J connectivity index is 1.35. The van der Waals surface area contributed by atoms with Crippen molar-refractivity contribution in [3.63, 3.8) is 0 Å². The van der Waals surface area contributed by atoms with Crippen molar-refractivity contribution in [3.8, 4) is 0 Å². The summed E-state index contributed by atoms with van der Waals surface area (Å²) in [5, 5.41) is 7.89. The zero-order valence-corrected chi connectivity index (χ0v) is 19.9. The van der Waals surface area contributed by atoms with Gasteiger partial charge in [-0.05, 0) is 18.2 Å². The Kier molecular flexibility index (Phi) is 6.07. The van der Waals surface area contributed by atoms with Crippen LogP contribution in [0.5, 0.6) is 0 Å². The Bertz CT molecular complexity index is 1250.